The molecule has 21 atom stereocenters. The molecule has 0 aromatic heterocycles. The average molecular weight is 1110 g/mol. The van der Waals surface area contributed by atoms with Gasteiger partial charge in [0.1, 0.15) is 61.0 Å². The number of aliphatic hydroxyl groups excluding tert-OH is 7. The Morgan fingerprint density at radius 1 is 0.494 bits per heavy atom. The highest BCUT2D eigenvalue weighted by molar-refractivity contribution is 5.70. The number of rotatable bonds is 23. The molecule has 0 aromatic rings. The molecular formula is C56H98O21. The molecule has 0 saturated carbocycles. The second-order valence-electron chi connectivity index (χ2n) is 22.1. The second kappa shape index (κ2) is 34.3. The molecule has 0 spiro atoms. The van der Waals surface area contributed by atoms with E-state index in [1.54, 1.807) is 13.8 Å². The van der Waals surface area contributed by atoms with Crippen LogP contribution < -0.4 is 0 Å². The Hall–Kier alpha value is -2.19. The van der Waals surface area contributed by atoms with Gasteiger partial charge in [-0.05, 0) is 52.9 Å². The smallest absolute Gasteiger partial charge is 0.306 e. The van der Waals surface area contributed by atoms with Crippen LogP contribution in [0.15, 0.2) is 0 Å². The predicted octanol–water partition coefficient (Wildman–Crippen LogP) is 5.21. The molecule has 5 saturated heterocycles. The number of hydrogen-bond donors (Lipinski definition) is 7. The molecule has 21 heteroatoms. The number of aliphatic hydroxyl groups is 7. The van der Waals surface area contributed by atoms with E-state index in [4.69, 9.17) is 52.1 Å². The van der Waals surface area contributed by atoms with E-state index >= 15 is 0 Å². The van der Waals surface area contributed by atoms with E-state index in [0.717, 1.165) is 109 Å². The maximum Gasteiger partial charge on any atom is 0.306 e. The number of hydrogen-bond acceptors (Lipinski definition) is 21. The molecule has 0 amide bonds. The van der Waals surface area contributed by atoms with E-state index in [0.29, 0.717) is 32.1 Å². The van der Waals surface area contributed by atoms with Crippen molar-refractivity contribution in [3.8, 4) is 0 Å². The lowest BCUT2D eigenvalue weighted by molar-refractivity contribution is -0.388. The first-order chi connectivity index (χ1) is 37.0. The third-order valence-corrected chi connectivity index (χ3v) is 15.6. The van der Waals surface area contributed by atoms with Crippen LogP contribution in [-0.4, -0.2) is 189 Å². The molecule has 0 unspecified atom stereocenters. The predicted molar refractivity (Wildman–Crippen MR) is 276 cm³/mol. The first kappa shape index (κ1) is 65.6. The summed E-state index contributed by atoms with van der Waals surface area (Å²) in [6, 6.07) is 0. The van der Waals surface area contributed by atoms with Crippen molar-refractivity contribution in [2.45, 2.75) is 331 Å². The Morgan fingerprint density at radius 2 is 1.01 bits per heavy atom. The fourth-order valence-electron chi connectivity index (χ4n) is 10.9. The van der Waals surface area contributed by atoms with Crippen molar-refractivity contribution >= 4 is 17.9 Å². The molecule has 5 rings (SSSR count). The van der Waals surface area contributed by atoms with Crippen molar-refractivity contribution in [2.24, 2.45) is 0 Å². The van der Waals surface area contributed by atoms with Crippen molar-refractivity contribution in [1.82, 2.24) is 0 Å². The van der Waals surface area contributed by atoms with Crippen LogP contribution in [0.2, 0.25) is 0 Å². The van der Waals surface area contributed by atoms with Crippen molar-refractivity contribution in [1.29, 1.82) is 0 Å². The number of carbonyl (C=O) groups excluding carboxylic acids is 3. The molecular weight excluding hydrogens is 1010 g/mol. The molecule has 5 heterocycles. The fraction of sp³-hybridized carbons (Fsp3) is 0.946. The molecule has 0 aliphatic carbocycles. The molecule has 448 valence electrons. The van der Waals surface area contributed by atoms with Gasteiger partial charge in [0.2, 0.25) is 0 Å². The first-order valence-electron chi connectivity index (χ1n) is 29.5. The van der Waals surface area contributed by atoms with Crippen LogP contribution in [0.1, 0.15) is 202 Å². The Kier molecular flexibility index (Phi) is 29.2. The van der Waals surface area contributed by atoms with E-state index in [1.165, 1.54) is 6.92 Å². The number of ether oxygens (including phenoxy) is 11. The Bertz CT molecular complexity index is 1680. The van der Waals surface area contributed by atoms with Crippen molar-refractivity contribution in [3.05, 3.63) is 0 Å². The molecule has 0 radical (unpaired) electrons. The molecule has 21 nitrogen and oxygen atoms in total. The first-order valence-corrected chi connectivity index (χ1v) is 29.5. The number of esters is 3. The summed E-state index contributed by atoms with van der Waals surface area (Å²) in [6.45, 7) is 10.3. The third-order valence-electron chi connectivity index (χ3n) is 15.6. The summed E-state index contributed by atoms with van der Waals surface area (Å²) in [5.74, 6) is -1.88. The van der Waals surface area contributed by atoms with Gasteiger partial charge in [0.25, 0.3) is 0 Å². The fourth-order valence-corrected chi connectivity index (χ4v) is 10.9. The zero-order valence-corrected chi connectivity index (χ0v) is 46.9. The summed E-state index contributed by atoms with van der Waals surface area (Å²) in [4.78, 5) is 40.0. The topological polar surface area (TPSA) is 294 Å². The lowest BCUT2D eigenvalue weighted by Crippen LogP contribution is -2.67. The molecule has 5 fully saturated rings. The van der Waals surface area contributed by atoms with E-state index < -0.39 is 147 Å². The van der Waals surface area contributed by atoms with Crippen LogP contribution in [0, 0.1) is 0 Å². The summed E-state index contributed by atoms with van der Waals surface area (Å²) < 4.78 is 67.8. The highest BCUT2D eigenvalue weighted by Gasteiger charge is 2.56. The summed E-state index contributed by atoms with van der Waals surface area (Å²) in [5, 5.41) is 80.0. The number of unbranched alkanes of at least 4 members (excludes halogenated alkanes) is 10. The van der Waals surface area contributed by atoms with Crippen LogP contribution >= 0.6 is 0 Å². The Balaban J connectivity index is 1.37. The second-order valence-corrected chi connectivity index (χ2v) is 22.1. The molecule has 7 N–H and O–H groups in total. The Morgan fingerprint density at radius 3 is 1.64 bits per heavy atom. The van der Waals surface area contributed by atoms with E-state index in [-0.39, 0.29) is 25.4 Å². The SMILES string of the molecule is CCCCCCCC(=O)O[C@@H]1[C@@H](O)[C@@H](O)[C@H](O[C@@H]2[C@@H](OC(=O)CCCCCCC)[C@@H](O)[C@H](O[C@@H]3[C@@H](O)[C@H]4OC(=O)CCCCCCCCC[C@H](CCCCC)O[C@@H]5O[C@H](CO)[C@@H](O)[C@H](O)[C@H]5O[C@@H]4O[C@H]3C)O[C@H]2C)O[C@H]1C. The van der Waals surface area contributed by atoms with Crippen molar-refractivity contribution in [3.63, 3.8) is 0 Å². The minimum Gasteiger partial charge on any atom is -0.457 e. The maximum atomic E-state index is 13.6. The van der Waals surface area contributed by atoms with Gasteiger partial charge in [-0.3, -0.25) is 14.4 Å². The van der Waals surface area contributed by atoms with E-state index in [2.05, 4.69) is 20.8 Å². The molecule has 0 aromatic carbocycles. The van der Waals surface area contributed by atoms with Crippen LogP contribution in [0.5, 0.6) is 0 Å². The summed E-state index contributed by atoms with van der Waals surface area (Å²) in [7, 11) is 0. The highest BCUT2D eigenvalue weighted by atomic mass is 16.8. The summed E-state index contributed by atoms with van der Waals surface area (Å²) in [6.07, 6.45) is -10.6. The van der Waals surface area contributed by atoms with Crippen molar-refractivity contribution < 1.29 is 102 Å². The van der Waals surface area contributed by atoms with Gasteiger partial charge in [0.05, 0.1) is 31.0 Å². The van der Waals surface area contributed by atoms with Gasteiger partial charge in [-0.25, -0.2) is 0 Å². The zero-order chi connectivity index (χ0) is 56.0. The Labute approximate surface area is 456 Å². The van der Waals surface area contributed by atoms with Gasteiger partial charge >= 0.3 is 17.9 Å². The minimum atomic E-state index is -1.82. The van der Waals surface area contributed by atoms with E-state index in [1.807, 2.05) is 0 Å². The van der Waals surface area contributed by atoms with Crippen LogP contribution in [0.3, 0.4) is 0 Å². The molecule has 5 aliphatic heterocycles. The number of fused-ring (bicyclic) bond motifs is 2. The summed E-state index contributed by atoms with van der Waals surface area (Å²) in [5.41, 5.74) is 0. The van der Waals surface area contributed by atoms with Gasteiger partial charge in [-0.1, -0.05) is 130 Å². The largest absolute Gasteiger partial charge is 0.457 e. The van der Waals surface area contributed by atoms with Crippen LogP contribution in [0.25, 0.3) is 0 Å². The third kappa shape index (κ3) is 19.8. The van der Waals surface area contributed by atoms with E-state index in [9.17, 15) is 50.1 Å². The monoisotopic (exact) mass is 1110 g/mol. The molecule has 77 heavy (non-hydrogen) atoms. The summed E-state index contributed by atoms with van der Waals surface area (Å²) >= 11 is 0. The van der Waals surface area contributed by atoms with Crippen LogP contribution in [-0.2, 0) is 66.5 Å². The standard InChI is InChI=1S/C56H98O21/c1-7-10-13-18-24-29-38(58)72-47-33(4)67-53(44(64)43(47)63)76-49-35(6)68-54(46(66)50(49)73-39(59)30-25-19-14-11-8-2)75-48-34(5)69-55-52(45(48)65)74-40(60)31-26-21-17-15-16-20-23-28-36(27-22-12-9-3)70-56-51(77-55)42(62)41(61)37(32-57)71-56/h33-37,41-57,61-66H,7-32H2,1-6H3/t33-,34-,35-,36-,37+,41+,42-,43-,44+,45+,46+,47-,48-,49-,50-,51+,52+,53-,54-,55-,56+/m0/s1. The maximum absolute atomic E-state index is 13.6. The average Bonchev–Trinajstić information content (AvgIpc) is 3.41. The lowest BCUT2D eigenvalue weighted by atomic mass is 9.95. The van der Waals surface area contributed by atoms with Crippen LogP contribution in [0.4, 0.5) is 0 Å². The minimum absolute atomic E-state index is 0.00344. The van der Waals surface area contributed by atoms with Gasteiger partial charge < -0.3 is 87.9 Å². The van der Waals surface area contributed by atoms with Gasteiger partial charge in [-0.2, -0.15) is 0 Å². The normalized spacial score (nSPS) is 39.0. The molecule has 5 aliphatic rings. The zero-order valence-electron chi connectivity index (χ0n) is 46.9. The van der Waals surface area contributed by atoms with Gasteiger partial charge in [0, 0.05) is 19.3 Å². The quantitative estimate of drug-likeness (QED) is 0.0393. The lowest BCUT2D eigenvalue weighted by Gasteiger charge is -2.49. The number of carbonyl (C=O) groups is 3. The van der Waals surface area contributed by atoms with Crippen molar-refractivity contribution in [2.75, 3.05) is 6.61 Å². The van der Waals surface area contributed by atoms with Gasteiger partial charge in [-0.15, -0.1) is 0 Å². The molecule has 0 bridgehead atoms. The highest BCUT2D eigenvalue weighted by Crippen LogP contribution is 2.37. The van der Waals surface area contributed by atoms with Gasteiger partial charge in [0.15, 0.2) is 43.5 Å².